The second-order valence-electron chi connectivity index (χ2n) is 6.98. The Morgan fingerprint density at radius 3 is 2.83 bits per heavy atom. The van der Waals surface area contributed by atoms with Gasteiger partial charge in [0, 0.05) is 6.42 Å². The first-order valence-corrected chi connectivity index (χ1v) is 9.75. The van der Waals surface area contributed by atoms with E-state index in [2.05, 4.69) is 29.9 Å². The molecule has 1 rings (SSSR count). The van der Waals surface area contributed by atoms with Crippen LogP contribution in [0.25, 0.3) is 0 Å². The normalized spacial score (nSPS) is 22.5. The van der Waals surface area contributed by atoms with Gasteiger partial charge in [-0.2, -0.15) is 0 Å². The van der Waals surface area contributed by atoms with Gasteiger partial charge < -0.3 is 9.84 Å². The van der Waals surface area contributed by atoms with Gasteiger partial charge in [-0.3, -0.25) is 4.79 Å². The van der Waals surface area contributed by atoms with Crippen molar-refractivity contribution in [3.8, 4) is 0 Å². The van der Waals surface area contributed by atoms with E-state index in [-0.39, 0.29) is 12.1 Å². The Labute approximate surface area is 148 Å². The summed E-state index contributed by atoms with van der Waals surface area (Å²) in [5.74, 6) is 1.20. The molecule has 0 aliphatic heterocycles. The minimum absolute atomic E-state index is 0.123. The molecule has 0 aromatic carbocycles. The number of allylic oxidation sites excluding steroid dienone is 3. The average Bonchev–Trinajstić information content (AvgIpc) is 3.03. The standard InChI is InChI=1S/C21H36O3/c1-3-4-7-14-20(22)17-16-19-13-10-12-18(19)11-8-5-6-9-15-21(23)24-2/h5,8,16-20,22H,3-4,6-7,9-15H2,1-2H3/b8-5-,17-16+/t18-,19-,20-/m0/s1. The average molecular weight is 337 g/mol. The van der Waals surface area contributed by atoms with Crippen LogP contribution < -0.4 is 0 Å². The number of hydrogen-bond acceptors (Lipinski definition) is 3. The van der Waals surface area contributed by atoms with E-state index in [1.165, 1.54) is 39.2 Å². The lowest BCUT2D eigenvalue weighted by atomic mass is 9.91. The quantitative estimate of drug-likeness (QED) is 0.303. The molecular weight excluding hydrogens is 300 g/mol. The first-order valence-electron chi connectivity index (χ1n) is 9.75. The van der Waals surface area contributed by atoms with Gasteiger partial charge >= 0.3 is 5.97 Å². The molecule has 1 saturated carbocycles. The van der Waals surface area contributed by atoms with Crippen LogP contribution in [0, 0.1) is 11.8 Å². The molecule has 138 valence electrons. The van der Waals surface area contributed by atoms with Crippen molar-refractivity contribution in [3.05, 3.63) is 24.3 Å². The molecule has 0 heterocycles. The number of carbonyl (C=O) groups is 1. The third kappa shape index (κ3) is 9.27. The Bertz CT molecular complexity index is 387. The van der Waals surface area contributed by atoms with Gasteiger partial charge in [-0.25, -0.2) is 0 Å². The molecule has 0 bridgehead atoms. The van der Waals surface area contributed by atoms with E-state index in [1.54, 1.807) is 0 Å². The third-order valence-corrected chi connectivity index (χ3v) is 4.99. The molecule has 0 radical (unpaired) electrons. The van der Waals surface area contributed by atoms with Crippen LogP contribution in [0.5, 0.6) is 0 Å². The lowest BCUT2D eigenvalue weighted by Crippen LogP contribution is -2.07. The minimum Gasteiger partial charge on any atom is -0.469 e. The summed E-state index contributed by atoms with van der Waals surface area (Å²) in [4.78, 5) is 11.0. The SMILES string of the molecule is CCCCC[C@H](O)/C=C/[C@@H]1CCC[C@@H]1C/C=C\CCCC(=O)OC. The number of carbonyl (C=O) groups excluding carboxylic acids is 1. The summed E-state index contributed by atoms with van der Waals surface area (Å²) in [7, 11) is 1.44. The van der Waals surface area contributed by atoms with E-state index >= 15 is 0 Å². The summed E-state index contributed by atoms with van der Waals surface area (Å²) in [6.45, 7) is 2.19. The maximum Gasteiger partial charge on any atom is 0.305 e. The van der Waals surface area contributed by atoms with Gasteiger partial charge in [0.1, 0.15) is 0 Å². The molecule has 0 unspecified atom stereocenters. The molecule has 1 aliphatic rings. The van der Waals surface area contributed by atoms with Crippen molar-refractivity contribution >= 4 is 5.97 Å². The monoisotopic (exact) mass is 336 g/mol. The van der Waals surface area contributed by atoms with Gasteiger partial charge in [-0.1, -0.05) is 56.9 Å². The van der Waals surface area contributed by atoms with Crippen LogP contribution in [0.15, 0.2) is 24.3 Å². The van der Waals surface area contributed by atoms with Gasteiger partial charge in [0.25, 0.3) is 0 Å². The van der Waals surface area contributed by atoms with Gasteiger partial charge in [-0.05, 0) is 50.4 Å². The zero-order valence-corrected chi connectivity index (χ0v) is 15.6. The third-order valence-electron chi connectivity index (χ3n) is 4.99. The van der Waals surface area contributed by atoms with Gasteiger partial charge in [0.05, 0.1) is 13.2 Å². The van der Waals surface area contributed by atoms with Crippen molar-refractivity contribution in [2.45, 2.75) is 83.7 Å². The molecule has 0 saturated heterocycles. The van der Waals surface area contributed by atoms with Crippen LogP contribution in [0.4, 0.5) is 0 Å². The number of rotatable bonds is 12. The highest BCUT2D eigenvalue weighted by Crippen LogP contribution is 2.35. The fourth-order valence-electron chi connectivity index (χ4n) is 3.44. The van der Waals surface area contributed by atoms with E-state index < -0.39 is 0 Å². The summed E-state index contributed by atoms with van der Waals surface area (Å²) < 4.78 is 4.64. The van der Waals surface area contributed by atoms with Crippen LogP contribution in [-0.4, -0.2) is 24.3 Å². The van der Waals surface area contributed by atoms with Crippen molar-refractivity contribution in [2.75, 3.05) is 7.11 Å². The fourth-order valence-corrected chi connectivity index (χ4v) is 3.44. The van der Waals surface area contributed by atoms with Crippen LogP contribution >= 0.6 is 0 Å². The zero-order valence-electron chi connectivity index (χ0n) is 15.6. The molecule has 24 heavy (non-hydrogen) atoms. The second-order valence-corrected chi connectivity index (χ2v) is 6.98. The molecule has 0 aromatic heterocycles. The van der Waals surface area contributed by atoms with Crippen LogP contribution in [0.1, 0.15) is 77.6 Å². The lowest BCUT2D eigenvalue weighted by molar-refractivity contribution is -0.140. The topological polar surface area (TPSA) is 46.5 Å². The Morgan fingerprint density at radius 2 is 2.08 bits per heavy atom. The predicted molar refractivity (Wildman–Crippen MR) is 99.7 cm³/mol. The minimum atomic E-state index is -0.272. The van der Waals surface area contributed by atoms with Crippen LogP contribution in [-0.2, 0) is 9.53 Å². The van der Waals surface area contributed by atoms with Crippen molar-refractivity contribution < 1.29 is 14.6 Å². The molecule has 3 atom stereocenters. The maximum absolute atomic E-state index is 11.0. The highest BCUT2D eigenvalue weighted by atomic mass is 16.5. The largest absolute Gasteiger partial charge is 0.469 e. The Kier molecular flexibility index (Phi) is 11.5. The molecule has 0 amide bonds. The number of aliphatic hydroxyl groups excluding tert-OH is 1. The number of methoxy groups -OCH3 is 1. The molecule has 1 fully saturated rings. The van der Waals surface area contributed by atoms with Gasteiger partial charge in [0.2, 0.25) is 0 Å². The van der Waals surface area contributed by atoms with E-state index in [9.17, 15) is 9.90 Å². The maximum atomic E-state index is 11.0. The highest BCUT2D eigenvalue weighted by molar-refractivity contribution is 5.69. The molecular formula is C21H36O3. The number of esters is 1. The smallest absolute Gasteiger partial charge is 0.305 e. The Morgan fingerprint density at radius 1 is 1.25 bits per heavy atom. The van der Waals surface area contributed by atoms with Crippen LogP contribution in [0.3, 0.4) is 0 Å². The number of ether oxygens (including phenoxy) is 1. The van der Waals surface area contributed by atoms with Crippen molar-refractivity contribution in [2.24, 2.45) is 11.8 Å². The molecule has 3 heteroatoms. The number of hydrogen-bond donors (Lipinski definition) is 1. The van der Waals surface area contributed by atoms with E-state index in [4.69, 9.17) is 0 Å². The molecule has 1 aliphatic carbocycles. The first kappa shape index (κ1) is 21.0. The number of unbranched alkanes of at least 4 members (excludes halogenated alkanes) is 3. The van der Waals surface area contributed by atoms with E-state index in [0.717, 1.165) is 32.1 Å². The van der Waals surface area contributed by atoms with Gasteiger partial charge in [0.15, 0.2) is 0 Å². The summed E-state index contributed by atoms with van der Waals surface area (Å²) in [5, 5.41) is 10.0. The van der Waals surface area contributed by atoms with E-state index in [1.807, 2.05) is 6.08 Å². The van der Waals surface area contributed by atoms with E-state index in [0.29, 0.717) is 18.3 Å². The summed E-state index contributed by atoms with van der Waals surface area (Å²) in [6, 6.07) is 0. The Hall–Kier alpha value is -1.09. The predicted octanol–water partition coefficient (Wildman–Crippen LogP) is 5.19. The molecule has 3 nitrogen and oxygen atoms in total. The van der Waals surface area contributed by atoms with Crippen molar-refractivity contribution in [3.63, 3.8) is 0 Å². The summed E-state index contributed by atoms with van der Waals surface area (Å²) >= 11 is 0. The summed E-state index contributed by atoms with van der Waals surface area (Å²) in [5.41, 5.74) is 0. The lowest BCUT2D eigenvalue weighted by Gasteiger charge is -2.15. The van der Waals surface area contributed by atoms with Crippen molar-refractivity contribution in [1.82, 2.24) is 0 Å². The number of aliphatic hydroxyl groups is 1. The Balaban J connectivity index is 2.23. The first-order chi connectivity index (χ1) is 11.7. The molecule has 1 N–H and O–H groups in total. The molecule has 0 spiro atoms. The second kappa shape index (κ2) is 13.2. The summed E-state index contributed by atoms with van der Waals surface area (Å²) in [6.07, 6.45) is 20.1. The molecule has 0 aromatic rings. The van der Waals surface area contributed by atoms with Crippen molar-refractivity contribution in [1.29, 1.82) is 0 Å². The zero-order chi connectivity index (χ0) is 17.6. The van der Waals surface area contributed by atoms with Gasteiger partial charge in [-0.15, -0.1) is 0 Å². The fraction of sp³-hybridized carbons (Fsp3) is 0.762. The van der Waals surface area contributed by atoms with Crippen LogP contribution in [0.2, 0.25) is 0 Å². The highest BCUT2D eigenvalue weighted by Gasteiger charge is 2.23.